The predicted molar refractivity (Wildman–Crippen MR) is 236 cm³/mol. The number of phenolic OH excluding ortho intramolecular Hbond substituents is 3. The van der Waals surface area contributed by atoms with Gasteiger partial charge in [0.25, 0.3) is 0 Å². The number of aliphatic imine (C=N–C) groups is 4. The van der Waals surface area contributed by atoms with Crippen molar-refractivity contribution in [3.05, 3.63) is 159 Å². The van der Waals surface area contributed by atoms with Crippen molar-refractivity contribution in [2.24, 2.45) is 40.4 Å². The average Bonchev–Trinajstić information content (AvgIpc) is 3.30. The Balaban J connectivity index is 1.35. The van der Waals surface area contributed by atoms with Crippen LogP contribution in [-0.4, -0.2) is 40.2 Å². The Kier molecular flexibility index (Phi) is 15.3. The summed E-state index contributed by atoms with van der Waals surface area (Å²) in [6, 6.07) is 34.5. The SMILES string of the molecule is CCc1ccc(N=Nc2ccc(O)c(C=N/C(C#N)=C(/C#N)N=Cc3cc(C)cc(C=N/C(C#N)=C(/C#N)N=Cc4cc(N=Nc5ccc(CC)cc5)ccc4O)c3O)c2)cc1. The molecular formula is C47H36N12O3. The Morgan fingerprint density at radius 1 is 0.452 bits per heavy atom. The summed E-state index contributed by atoms with van der Waals surface area (Å²) in [6.07, 6.45) is 6.48. The van der Waals surface area contributed by atoms with Gasteiger partial charge in [-0.05, 0) is 109 Å². The van der Waals surface area contributed by atoms with E-state index in [4.69, 9.17) is 0 Å². The Bertz CT molecular complexity index is 2700. The van der Waals surface area contributed by atoms with E-state index in [0.717, 1.165) is 36.4 Å². The molecule has 0 saturated carbocycles. The molecule has 0 aliphatic heterocycles. The van der Waals surface area contributed by atoms with Crippen LogP contribution in [0.3, 0.4) is 0 Å². The van der Waals surface area contributed by atoms with E-state index in [9.17, 15) is 36.4 Å². The van der Waals surface area contributed by atoms with Gasteiger partial charge in [-0.25, -0.2) is 20.0 Å². The molecule has 0 heterocycles. The topological polar surface area (TPSA) is 255 Å². The van der Waals surface area contributed by atoms with E-state index >= 15 is 0 Å². The van der Waals surface area contributed by atoms with E-state index < -0.39 is 11.4 Å². The molecular weight excluding hydrogens is 781 g/mol. The summed E-state index contributed by atoms with van der Waals surface area (Å²) in [6.45, 7) is 5.82. The number of azo groups is 2. The summed E-state index contributed by atoms with van der Waals surface area (Å²) in [5.41, 5.74) is 4.18. The first-order valence-corrected chi connectivity index (χ1v) is 18.8. The zero-order valence-electron chi connectivity index (χ0n) is 33.7. The van der Waals surface area contributed by atoms with Crippen molar-refractivity contribution in [1.82, 2.24) is 0 Å². The van der Waals surface area contributed by atoms with Gasteiger partial charge in [0.2, 0.25) is 0 Å². The Morgan fingerprint density at radius 3 is 1.08 bits per heavy atom. The smallest absolute Gasteiger partial charge is 0.176 e. The van der Waals surface area contributed by atoms with E-state index in [1.165, 1.54) is 36.7 Å². The highest BCUT2D eigenvalue weighted by atomic mass is 16.3. The van der Waals surface area contributed by atoms with Gasteiger partial charge in [-0.15, -0.1) is 0 Å². The maximum atomic E-state index is 11.1. The van der Waals surface area contributed by atoms with Crippen LogP contribution >= 0.6 is 0 Å². The van der Waals surface area contributed by atoms with Gasteiger partial charge in [0.1, 0.15) is 41.5 Å². The van der Waals surface area contributed by atoms with Gasteiger partial charge in [0.15, 0.2) is 22.8 Å². The number of aryl methyl sites for hydroxylation is 3. The molecule has 0 bridgehead atoms. The minimum Gasteiger partial charge on any atom is -0.507 e. The fraction of sp³-hybridized carbons (Fsp3) is 0.106. The van der Waals surface area contributed by atoms with Crippen molar-refractivity contribution in [3.63, 3.8) is 0 Å². The summed E-state index contributed by atoms with van der Waals surface area (Å²) in [7, 11) is 0. The van der Waals surface area contributed by atoms with Crippen molar-refractivity contribution in [3.8, 4) is 41.5 Å². The number of nitrogens with zero attached hydrogens (tertiary/aromatic N) is 12. The average molecular weight is 817 g/mol. The number of benzene rings is 5. The summed E-state index contributed by atoms with van der Waals surface area (Å²) in [4.78, 5) is 16.4. The third-order valence-corrected chi connectivity index (χ3v) is 8.79. The molecule has 0 radical (unpaired) electrons. The van der Waals surface area contributed by atoms with Gasteiger partial charge in [-0.3, -0.25) is 0 Å². The molecule has 0 amide bonds. The third kappa shape index (κ3) is 11.9. The van der Waals surface area contributed by atoms with E-state index in [-0.39, 0.29) is 50.9 Å². The van der Waals surface area contributed by atoms with Crippen LogP contribution in [0, 0.1) is 52.2 Å². The number of phenols is 3. The molecule has 302 valence electrons. The maximum absolute atomic E-state index is 11.1. The van der Waals surface area contributed by atoms with Crippen molar-refractivity contribution < 1.29 is 15.3 Å². The minimum absolute atomic E-state index is 0.131. The van der Waals surface area contributed by atoms with E-state index in [1.807, 2.05) is 72.8 Å². The zero-order chi connectivity index (χ0) is 44.4. The molecule has 15 nitrogen and oxygen atoms in total. The van der Waals surface area contributed by atoms with Crippen LogP contribution in [0.1, 0.15) is 52.8 Å². The molecule has 15 heteroatoms. The van der Waals surface area contributed by atoms with Gasteiger partial charge in [-0.2, -0.15) is 41.5 Å². The molecule has 0 fully saturated rings. The first kappa shape index (κ1) is 43.9. The van der Waals surface area contributed by atoms with Crippen LogP contribution in [0.5, 0.6) is 17.2 Å². The number of rotatable bonds is 14. The fourth-order valence-corrected chi connectivity index (χ4v) is 5.38. The molecule has 0 aliphatic carbocycles. The molecule has 0 saturated heterocycles. The first-order chi connectivity index (χ1) is 30.1. The summed E-state index contributed by atoms with van der Waals surface area (Å²) in [5, 5.41) is 88.2. The molecule has 5 rings (SSSR count). The van der Waals surface area contributed by atoms with Gasteiger partial charge in [-0.1, -0.05) is 38.1 Å². The number of aromatic hydroxyl groups is 3. The number of allylic oxidation sites excluding steroid dienone is 4. The van der Waals surface area contributed by atoms with Crippen LogP contribution in [0.2, 0.25) is 0 Å². The maximum Gasteiger partial charge on any atom is 0.176 e. The number of hydrogen-bond acceptors (Lipinski definition) is 15. The van der Waals surface area contributed by atoms with E-state index in [0.29, 0.717) is 28.3 Å². The van der Waals surface area contributed by atoms with E-state index in [2.05, 4.69) is 54.3 Å². The Morgan fingerprint density at radius 2 is 0.758 bits per heavy atom. The van der Waals surface area contributed by atoms with Gasteiger partial charge < -0.3 is 15.3 Å². The van der Waals surface area contributed by atoms with Crippen molar-refractivity contribution in [1.29, 1.82) is 21.0 Å². The molecule has 5 aromatic carbocycles. The van der Waals surface area contributed by atoms with Crippen LogP contribution in [-0.2, 0) is 12.8 Å². The summed E-state index contributed by atoms with van der Waals surface area (Å²) < 4.78 is 0. The van der Waals surface area contributed by atoms with Crippen molar-refractivity contribution in [2.75, 3.05) is 0 Å². The van der Waals surface area contributed by atoms with Crippen LogP contribution in [0.15, 0.2) is 160 Å². The lowest BCUT2D eigenvalue weighted by Gasteiger charge is -2.05. The minimum atomic E-state index is -0.390. The normalized spacial score (nSPS) is 12.5. The number of nitriles is 4. The molecule has 3 N–H and O–H groups in total. The lowest BCUT2D eigenvalue weighted by atomic mass is 10.1. The van der Waals surface area contributed by atoms with Crippen LogP contribution in [0.4, 0.5) is 22.7 Å². The molecule has 0 spiro atoms. The number of hydrogen-bond donors (Lipinski definition) is 3. The fourth-order valence-electron chi connectivity index (χ4n) is 5.38. The van der Waals surface area contributed by atoms with Gasteiger partial charge >= 0.3 is 0 Å². The quantitative estimate of drug-likeness (QED) is 0.0554. The zero-order valence-corrected chi connectivity index (χ0v) is 33.7. The summed E-state index contributed by atoms with van der Waals surface area (Å²) in [5.74, 6) is -0.645. The lowest BCUT2D eigenvalue weighted by Crippen LogP contribution is -1.94. The molecule has 0 atom stereocenters. The summed E-state index contributed by atoms with van der Waals surface area (Å²) >= 11 is 0. The van der Waals surface area contributed by atoms with Crippen molar-refractivity contribution in [2.45, 2.75) is 33.6 Å². The first-order valence-electron chi connectivity index (χ1n) is 18.8. The second-order valence-corrected chi connectivity index (χ2v) is 13.1. The molecule has 0 unspecified atom stereocenters. The van der Waals surface area contributed by atoms with Crippen LogP contribution < -0.4 is 0 Å². The largest absolute Gasteiger partial charge is 0.507 e. The third-order valence-electron chi connectivity index (χ3n) is 8.79. The van der Waals surface area contributed by atoms with Gasteiger partial charge in [0, 0.05) is 47.1 Å². The van der Waals surface area contributed by atoms with Crippen LogP contribution in [0.25, 0.3) is 0 Å². The molecule has 0 aromatic heterocycles. The standard InChI is InChI=1S/C47H36N12O3/c1-4-31-6-10-37(11-7-31)56-58-39-14-16-45(60)33(20-39)26-52-41(22-48)43(24-50)54-28-35-18-30(3)19-36(47(35)62)29-55-44(25-51)42(23-49)53-27-34-21-40(15-17-46(34)61)59-57-38-12-8-32(5-2)9-13-38/h6-21,26-29,60-62H,4-5H2,1-3H3/b43-41-,44-42-,52-26?,53-27?,54-28?,55-29?,58-56?,59-57?. The second-order valence-electron chi connectivity index (χ2n) is 13.1. The van der Waals surface area contributed by atoms with E-state index in [1.54, 1.807) is 31.2 Å². The second kappa shape index (κ2) is 21.5. The lowest BCUT2D eigenvalue weighted by molar-refractivity contribution is 0.473. The molecule has 62 heavy (non-hydrogen) atoms. The van der Waals surface area contributed by atoms with Gasteiger partial charge in [0.05, 0.1) is 22.7 Å². The monoisotopic (exact) mass is 816 g/mol. The molecule has 0 aliphatic rings. The highest BCUT2D eigenvalue weighted by molar-refractivity contribution is 5.93. The highest BCUT2D eigenvalue weighted by Gasteiger charge is 2.11. The molecule has 5 aromatic rings. The van der Waals surface area contributed by atoms with Crippen molar-refractivity contribution >= 4 is 47.6 Å². The Labute approximate surface area is 357 Å². The Hall–Kier alpha value is -9.18. The highest BCUT2D eigenvalue weighted by Crippen LogP contribution is 2.27. The predicted octanol–water partition coefficient (Wildman–Crippen LogP) is 10.7.